The highest BCUT2D eigenvalue weighted by Crippen LogP contribution is 2.43. The van der Waals surface area contributed by atoms with Gasteiger partial charge in [-0.25, -0.2) is 4.79 Å². The molecule has 1 unspecified atom stereocenters. The molecule has 2 N–H and O–H groups in total. The molecule has 1 amide bonds. The summed E-state index contributed by atoms with van der Waals surface area (Å²) in [5, 5.41) is 16.9. The highest BCUT2D eigenvalue weighted by molar-refractivity contribution is 8.03. The molecule has 0 fully saturated rings. The van der Waals surface area contributed by atoms with E-state index >= 15 is 0 Å². The number of rotatable bonds is 8. The van der Waals surface area contributed by atoms with Gasteiger partial charge in [0, 0.05) is 22.5 Å². The van der Waals surface area contributed by atoms with E-state index in [-0.39, 0.29) is 18.3 Å². The number of ether oxygens (including phenoxy) is 2. The number of nitriles is 1. The Morgan fingerprint density at radius 1 is 1.24 bits per heavy atom. The van der Waals surface area contributed by atoms with Crippen LogP contribution < -0.4 is 15.4 Å². The van der Waals surface area contributed by atoms with Gasteiger partial charge in [-0.3, -0.25) is 4.79 Å². The van der Waals surface area contributed by atoms with Crippen LogP contribution in [0.3, 0.4) is 0 Å². The quantitative estimate of drug-likeness (QED) is 0.496. The number of allylic oxidation sites excluding steroid dienone is 2. The number of nitrogens with zero attached hydrogens (tertiary/aromatic N) is 1. The van der Waals surface area contributed by atoms with E-state index in [1.807, 2.05) is 0 Å². The summed E-state index contributed by atoms with van der Waals surface area (Å²) in [5.41, 5.74) is 2.37. The lowest BCUT2D eigenvalue weighted by atomic mass is 9.82. The smallest absolute Gasteiger partial charge is 0.336 e. The van der Waals surface area contributed by atoms with E-state index in [1.165, 1.54) is 11.8 Å². The van der Waals surface area contributed by atoms with Gasteiger partial charge in [0.1, 0.15) is 5.75 Å². The van der Waals surface area contributed by atoms with Crippen molar-refractivity contribution in [1.82, 2.24) is 5.32 Å². The molecule has 0 saturated heterocycles. The first kappa shape index (κ1) is 25.2. The molecule has 0 aliphatic carbocycles. The first-order chi connectivity index (χ1) is 16.4. The minimum atomic E-state index is -0.719. The van der Waals surface area contributed by atoms with Crippen molar-refractivity contribution < 1.29 is 19.1 Å². The highest BCUT2D eigenvalue weighted by Gasteiger charge is 2.36. The number of hydrogen-bond acceptors (Lipinski definition) is 7. The molecule has 2 aromatic carbocycles. The SMILES string of the molecule is CCOC(=O)C1=C(C)NC(SCC(=O)Nc2cccc(OC)c2)=C(C#N)C1c1ccccc1Cl. The number of carbonyl (C=O) groups excluding carboxylic acids is 2. The second-order valence-corrected chi connectivity index (χ2v) is 8.65. The molecule has 3 rings (SSSR count). The standard InChI is InChI=1S/C25H24ClN3O4S/c1-4-33-25(31)22-15(2)28-24(19(13-27)23(22)18-10-5-6-11-20(18)26)34-14-21(30)29-16-8-7-9-17(12-16)32-3/h5-12,23,28H,4,14H2,1-3H3,(H,29,30). The van der Waals surface area contributed by atoms with Gasteiger partial charge >= 0.3 is 5.97 Å². The number of esters is 1. The van der Waals surface area contributed by atoms with Crippen LogP contribution in [0.2, 0.25) is 5.02 Å². The third-order valence-electron chi connectivity index (χ3n) is 5.06. The number of nitrogens with one attached hydrogen (secondary N) is 2. The Bertz CT molecular complexity index is 1200. The molecular weight excluding hydrogens is 474 g/mol. The Morgan fingerprint density at radius 2 is 2.00 bits per heavy atom. The maximum atomic E-state index is 12.8. The van der Waals surface area contributed by atoms with E-state index < -0.39 is 11.9 Å². The highest BCUT2D eigenvalue weighted by atomic mass is 35.5. The average Bonchev–Trinajstić information content (AvgIpc) is 2.82. The molecule has 34 heavy (non-hydrogen) atoms. The molecule has 0 saturated carbocycles. The van der Waals surface area contributed by atoms with Crippen LogP contribution in [-0.4, -0.2) is 31.3 Å². The van der Waals surface area contributed by atoms with Gasteiger partial charge in [-0.05, 0) is 37.6 Å². The molecule has 1 heterocycles. The average molecular weight is 498 g/mol. The van der Waals surface area contributed by atoms with E-state index in [4.69, 9.17) is 21.1 Å². The fourth-order valence-electron chi connectivity index (χ4n) is 3.56. The van der Waals surface area contributed by atoms with E-state index in [0.717, 1.165) is 0 Å². The van der Waals surface area contributed by atoms with Crippen LogP contribution in [0, 0.1) is 11.3 Å². The van der Waals surface area contributed by atoms with Crippen LogP contribution in [-0.2, 0) is 14.3 Å². The zero-order chi connectivity index (χ0) is 24.7. The van der Waals surface area contributed by atoms with Crippen LogP contribution in [0.1, 0.15) is 25.3 Å². The zero-order valence-corrected chi connectivity index (χ0v) is 20.5. The van der Waals surface area contributed by atoms with Crippen LogP contribution >= 0.6 is 23.4 Å². The maximum Gasteiger partial charge on any atom is 0.336 e. The molecule has 1 aliphatic rings. The van der Waals surface area contributed by atoms with Crippen molar-refractivity contribution in [3.05, 3.63) is 81.0 Å². The van der Waals surface area contributed by atoms with Crippen molar-refractivity contribution in [2.24, 2.45) is 0 Å². The van der Waals surface area contributed by atoms with E-state index in [1.54, 1.807) is 69.5 Å². The van der Waals surface area contributed by atoms with Crippen molar-refractivity contribution in [3.63, 3.8) is 0 Å². The number of anilines is 1. The first-order valence-electron chi connectivity index (χ1n) is 10.5. The summed E-state index contributed by atoms with van der Waals surface area (Å²) in [6.07, 6.45) is 0. The van der Waals surface area contributed by atoms with Crippen molar-refractivity contribution in [1.29, 1.82) is 5.26 Å². The van der Waals surface area contributed by atoms with Crippen molar-refractivity contribution in [2.75, 3.05) is 24.8 Å². The lowest BCUT2D eigenvalue weighted by Gasteiger charge is -2.29. The summed E-state index contributed by atoms with van der Waals surface area (Å²) in [6.45, 7) is 3.65. The first-order valence-corrected chi connectivity index (χ1v) is 11.9. The summed E-state index contributed by atoms with van der Waals surface area (Å²) in [6, 6.07) is 16.3. The van der Waals surface area contributed by atoms with Gasteiger partial charge in [0.25, 0.3) is 0 Å². The summed E-state index contributed by atoms with van der Waals surface area (Å²) in [5.74, 6) is -0.823. The van der Waals surface area contributed by atoms with E-state index in [9.17, 15) is 14.9 Å². The fourth-order valence-corrected chi connectivity index (χ4v) is 4.70. The number of dihydropyridines is 1. The van der Waals surface area contributed by atoms with E-state index in [2.05, 4.69) is 16.7 Å². The summed E-state index contributed by atoms with van der Waals surface area (Å²) < 4.78 is 10.4. The zero-order valence-electron chi connectivity index (χ0n) is 19.0. The lowest BCUT2D eigenvalue weighted by molar-refractivity contribution is -0.138. The topological polar surface area (TPSA) is 100 Å². The molecular formula is C25H24ClN3O4S. The number of carbonyl (C=O) groups is 2. The van der Waals surface area contributed by atoms with Crippen LogP contribution in [0.25, 0.3) is 0 Å². The number of thioether (sulfide) groups is 1. The van der Waals surface area contributed by atoms with Crippen molar-refractivity contribution in [3.8, 4) is 11.8 Å². The Kier molecular flexibility index (Phi) is 8.63. The van der Waals surface area contributed by atoms with Crippen LogP contribution in [0.15, 0.2) is 70.4 Å². The molecule has 0 bridgehead atoms. The molecule has 0 radical (unpaired) electrons. The molecule has 176 valence electrons. The van der Waals surface area contributed by atoms with Gasteiger partial charge < -0.3 is 20.1 Å². The second kappa shape index (κ2) is 11.6. The minimum Gasteiger partial charge on any atom is -0.497 e. The van der Waals surface area contributed by atoms with Crippen molar-refractivity contribution >= 4 is 40.9 Å². The predicted molar refractivity (Wildman–Crippen MR) is 133 cm³/mol. The fraction of sp³-hybridized carbons (Fsp3) is 0.240. The molecule has 1 atom stereocenters. The Balaban J connectivity index is 1.89. The summed E-state index contributed by atoms with van der Waals surface area (Å²) >= 11 is 7.63. The van der Waals surface area contributed by atoms with E-state index in [0.29, 0.717) is 43.9 Å². The maximum absolute atomic E-state index is 12.8. The number of amides is 1. The van der Waals surface area contributed by atoms with Gasteiger partial charge in [-0.15, -0.1) is 0 Å². The Labute approximate surface area is 207 Å². The van der Waals surface area contributed by atoms with Crippen LogP contribution in [0.4, 0.5) is 5.69 Å². The molecule has 2 aromatic rings. The largest absolute Gasteiger partial charge is 0.497 e. The molecule has 7 nitrogen and oxygen atoms in total. The number of benzene rings is 2. The molecule has 9 heteroatoms. The van der Waals surface area contributed by atoms with Gasteiger partial charge in [-0.1, -0.05) is 47.6 Å². The summed E-state index contributed by atoms with van der Waals surface area (Å²) in [7, 11) is 1.55. The van der Waals surface area contributed by atoms with Gasteiger partial charge in [0.05, 0.1) is 47.6 Å². The Morgan fingerprint density at radius 3 is 2.68 bits per heavy atom. The number of methoxy groups -OCH3 is 1. The third kappa shape index (κ3) is 5.74. The van der Waals surface area contributed by atoms with Crippen molar-refractivity contribution in [2.45, 2.75) is 19.8 Å². The third-order valence-corrected chi connectivity index (χ3v) is 6.42. The normalized spacial score (nSPS) is 15.3. The van der Waals surface area contributed by atoms with Crippen LogP contribution in [0.5, 0.6) is 5.75 Å². The second-order valence-electron chi connectivity index (χ2n) is 7.26. The van der Waals surface area contributed by atoms with Gasteiger partial charge in [-0.2, -0.15) is 5.26 Å². The molecule has 1 aliphatic heterocycles. The molecule has 0 aromatic heterocycles. The minimum absolute atomic E-state index is 0.0436. The lowest BCUT2D eigenvalue weighted by Crippen LogP contribution is -2.29. The number of halogens is 1. The van der Waals surface area contributed by atoms with Gasteiger partial charge in [0.15, 0.2) is 0 Å². The van der Waals surface area contributed by atoms with Gasteiger partial charge in [0.2, 0.25) is 5.91 Å². The summed E-state index contributed by atoms with van der Waals surface area (Å²) in [4.78, 5) is 25.4. The predicted octanol–water partition coefficient (Wildman–Crippen LogP) is 4.98. The molecule has 0 spiro atoms. The Hall–Kier alpha value is -3.41. The monoisotopic (exact) mass is 497 g/mol. The number of hydrogen-bond donors (Lipinski definition) is 2.